The van der Waals surface area contributed by atoms with Crippen LogP contribution in [0.4, 0.5) is 5.69 Å². The van der Waals surface area contributed by atoms with E-state index in [1.807, 2.05) is 60.4 Å². The van der Waals surface area contributed by atoms with Gasteiger partial charge < -0.3 is 10.5 Å². The second kappa shape index (κ2) is 10.9. The number of anilines is 1. The van der Waals surface area contributed by atoms with Gasteiger partial charge in [-0.3, -0.25) is 9.69 Å². The Hall–Kier alpha value is -3.34. The molecule has 2 N–H and O–H groups in total. The Labute approximate surface area is 252 Å². The van der Waals surface area contributed by atoms with E-state index >= 15 is 0 Å². The highest BCUT2D eigenvalue weighted by Gasteiger charge is 2.45. The molecule has 2 aliphatic rings. The van der Waals surface area contributed by atoms with E-state index in [0.717, 1.165) is 48.3 Å². The molecule has 5 nitrogen and oxygen atoms in total. The van der Waals surface area contributed by atoms with Crippen LogP contribution in [0.25, 0.3) is 0 Å². The number of halogens is 2. The summed E-state index contributed by atoms with van der Waals surface area (Å²) < 4.78 is 7.98. The summed E-state index contributed by atoms with van der Waals surface area (Å²) in [6, 6.07) is 22.1. The highest BCUT2D eigenvalue weighted by Crippen LogP contribution is 2.51. The molecule has 1 aliphatic heterocycles. The Morgan fingerprint density at radius 3 is 2.42 bits per heavy atom. The lowest BCUT2D eigenvalue weighted by molar-refractivity contribution is -0.118. The van der Waals surface area contributed by atoms with Gasteiger partial charge >= 0.3 is 0 Å². The molecule has 3 aromatic carbocycles. The summed E-state index contributed by atoms with van der Waals surface area (Å²) in [5.74, 6) is 0.635. The Balaban J connectivity index is 1.66. The van der Waals surface area contributed by atoms with Crippen LogP contribution in [-0.2, 0) is 11.4 Å². The number of allylic oxidation sites excluding steroid dienone is 3. The summed E-state index contributed by atoms with van der Waals surface area (Å²) in [4.78, 5) is 15.9. The first-order chi connectivity index (χ1) is 19.0. The summed E-state index contributed by atoms with van der Waals surface area (Å²) in [5, 5.41) is 10.5. The maximum atomic E-state index is 13.9. The summed E-state index contributed by atoms with van der Waals surface area (Å²) in [6.45, 7) is 8.66. The lowest BCUT2D eigenvalue weighted by atomic mass is 9.68. The molecule has 0 saturated heterocycles. The molecule has 0 bridgehead atoms. The van der Waals surface area contributed by atoms with E-state index in [-0.39, 0.29) is 11.2 Å². The highest BCUT2D eigenvalue weighted by atomic mass is 79.9. The minimum absolute atomic E-state index is 0.0598. The second-order valence-electron chi connectivity index (χ2n) is 11.3. The average Bonchev–Trinajstić information content (AvgIpc) is 2.89. The van der Waals surface area contributed by atoms with E-state index in [4.69, 9.17) is 10.5 Å². The Bertz CT molecular complexity index is 1610. The van der Waals surface area contributed by atoms with E-state index in [9.17, 15) is 10.1 Å². The van der Waals surface area contributed by atoms with Crippen molar-refractivity contribution in [3.63, 3.8) is 0 Å². The summed E-state index contributed by atoms with van der Waals surface area (Å²) >= 11 is 7.06. The van der Waals surface area contributed by atoms with E-state index in [2.05, 4.69) is 70.8 Å². The Kier molecular flexibility index (Phi) is 7.69. The van der Waals surface area contributed by atoms with Gasteiger partial charge in [-0.2, -0.15) is 5.26 Å². The fourth-order valence-electron chi connectivity index (χ4n) is 5.80. The van der Waals surface area contributed by atoms with Crippen LogP contribution in [0.15, 0.2) is 92.3 Å². The molecular weight excluding hydrogens is 630 g/mol. The number of Topliss-reactive ketones (excluding diaryl/α,β-unsaturated/α-hetero) is 1. The van der Waals surface area contributed by atoms with Crippen LogP contribution in [0.1, 0.15) is 54.9 Å². The van der Waals surface area contributed by atoms with E-state index in [1.54, 1.807) is 0 Å². The predicted octanol–water partition coefficient (Wildman–Crippen LogP) is 8.35. The fraction of sp³-hybridized carbons (Fsp3) is 0.273. The van der Waals surface area contributed by atoms with Crippen molar-refractivity contribution in [2.75, 3.05) is 4.90 Å². The van der Waals surface area contributed by atoms with E-state index < -0.39 is 5.92 Å². The average molecular weight is 661 g/mol. The van der Waals surface area contributed by atoms with Crippen LogP contribution in [0, 0.1) is 30.6 Å². The van der Waals surface area contributed by atoms with Crippen LogP contribution < -0.4 is 15.4 Å². The number of ether oxygens (including phenoxy) is 1. The smallest absolute Gasteiger partial charge is 0.162 e. The number of para-hydroxylation sites is 1. The van der Waals surface area contributed by atoms with Gasteiger partial charge in [0.25, 0.3) is 0 Å². The van der Waals surface area contributed by atoms with Crippen molar-refractivity contribution in [3.05, 3.63) is 115 Å². The van der Waals surface area contributed by atoms with Crippen molar-refractivity contribution in [1.29, 1.82) is 5.26 Å². The number of aryl methyl sites for hydroxylation is 2. The first kappa shape index (κ1) is 28.2. The largest absolute Gasteiger partial charge is 0.488 e. The van der Waals surface area contributed by atoms with Crippen molar-refractivity contribution >= 4 is 43.3 Å². The molecule has 1 atom stereocenters. The quantitative estimate of drug-likeness (QED) is 0.298. The van der Waals surface area contributed by atoms with Gasteiger partial charge in [0.2, 0.25) is 0 Å². The van der Waals surface area contributed by atoms with Gasteiger partial charge in [-0.15, -0.1) is 0 Å². The van der Waals surface area contributed by atoms with Gasteiger partial charge in [-0.1, -0.05) is 54.0 Å². The normalized spacial score (nSPS) is 18.5. The lowest BCUT2D eigenvalue weighted by Gasteiger charge is -2.44. The molecule has 1 heterocycles. The first-order valence-electron chi connectivity index (χ1n) is 13.2. The fourth-order valence-corrected chi connectivity index (χ4v) is 6.47. The van der Waals surface area contributed by atoms with Crippen molar-refractivity contribution in [3.8, 4) is 11.8 Å². The number of nitriles is 1. The molecule has 1 unspecified atom stereocenters. The third-order valence-corrected chi connectivity index (χ3v) is 8.91. The van der Waals surface area contributed by atoms with Gasteiger partial charge in [0.1, 0.15) is 18.2 Å². The molecule has 7 heteroatoms. The van der Waals surface area contributed by atoms with Crippen LogP contribution in [0.5, 0.6) is 5.75 Å². The number of carbonyl (C=O) groups excluding carboxylic acids is 1. The molecule has 0 aromatic heterocycles. The van der Waals surface area contributed by atoms with Crippen molar-refractivity contribution < 1.29 is 9.53 Å². The van der Waals surface area contributed by atoms with Gasteiger partial charge in [-0.05, 0) is 100 Å². The number of hydrogen-bond donors (Lipinski definition) is 1. The summed E-state index contributed by atoms with van der Waals surface area (Å²) in [6.07, 6.45) is 1.08. The third-order valence-electron chi connectivity index (χ3n) is 7.72. The highest BCUT2D eigenvalue weighted by molar-refractivity contribution is 9.10. The summed E-state index contributed by atoms with van der Waals surface area (Å²) in [5.41, 5.74) is 13.4. The molecule has 40 heavy (non-hydrogen) atoms. The standard InChI is InChI=1S/C33H31Br2N3O2/c1-19-13-20(2)24(14-21(19)18-40-29-8-6-5-7-26(29)35)30-25(17-36)32(37)38(23-11-9-22(34)10-12-23)27-15-33(3,4)16-28(39)31(27)30/h5-14,30H,15-16,18,37H2,1-4H3. The monoisotopic (exact) mass is 659 g/mol. The van der Waals surface area contributed by atoms with E-state index in [0.29, 0.717) is 36.4 Å². The van der Waals surface area contributed by atoms with Gasteiger partial charge in [0.05, 0.1) is 22.0 Å². The van der Waals surface area contributed by atoms with Gasteiger partial charge in [0.15, 0.2) is 5.78 Å². The second-order valence-corrected chi connectivity index (χ2v) is 13.1. The molecule has 0 saturated carbocycles. The zero-order valence-electron chi connectivity index (χ0n) is 23.0. The van der Waals surface area contributed by atoms with Gasteiger partial charge in [-0.25, -0.2) is 0 Å². The molecule has 0 amide bonds. The maximum Gasteiger partial charge on any atom is 0.162 e. The molecule has 204 valence electrons. The SMILES string of the molecule is Cc1cc(C)c(C2C(C#N)=C(N)N(c3ccc(Br)cc3)C3=C2C(=O)CC(C)(C)C3)cc1COc1ccccc1Br. The lowest BCUT2D eigenvalue weighted by Crippen LogP contribution is -2.42. The van der Waals surface area contributed by atoms with Crippen LogP contribution in [0.2, 0.25) is 0 Å². The molecule has 0 spiro atoms. The first-order valence-corrected chi connectivity index (χ1v) is 14.8. The number of rotatable bonds is 5. The molecule has 3 aromatic rings. The van der Waals surface area contributed by atoms with E-state index in [1.165, 1.54) is 0 Å². The van der Waals surface area contributed by atoms with Crippen LogP contribution >= 0.6 is 31.9 Å². The number of ketones is 1. The number of nitrogens with zero attached hydrogens (tertiary/aromatic N) is 2. The Morgan fingerprint density at radius 1 is 1.05 bits per heavy atom. The van der Waals surface area contributed by atoms with Crippen molar-refractivity contribution in [2.24, 2.45) is 11.1 Å². The van der Waals surface area contributed by atoms with Crippen LogP contribution in [-0.4, -0.2) is 5.78 Å². The van der Waals surface area contributed by atoms with Gasteiger partial charge in [0, 0.05) is 27.9 Å². The topological polar surface area (TPSA) is 79.4 Å². The van der Waals surface area contributed by atoms with Crippen LogP contribution in [0.3, 0.4) is 0 Å². The molecule has 1 aliphatic carbocycles. The zero-order chi connectivity index (χ0) is 28.8. The molecular formula is C33H31Br2N3O2. The maximum absolute atomic E-state index is 13.9. The number of hydrogen-bond acceptors (Lipinski definition) is 5. The Morgan fingerprint density at radius 2 is 1.75 bits per heavy atom. The number of carbonyl (C=O) groups is 1. The minimum atomic E-state index is -0.543. The molecule has 0 radical (unpaired) electrons. The summed E-state index contributed by atoms with van der Waals surface area (Å²) in [7, 11) is 0. The van der Waals surface area contributed by atoms with Crippen molar-refractivity contribution in [2.45, 2.75) is 53.1 Å². The molecule has 5 rings (SSSR count). The molecule has 0 fully saturated rings. The number of nitrogens with two attached hydrogens (primary N) is 1. The zero-order valence-corrected chi connectivity index (χ0v) is 26.2. The number of benzene rings is 3. The van der Waals surface area contributed by atoms with Crippen molar-refractivity contribution in [1.82, 2.24) is 0 Å². The predicted molar refractivity (Wildman–Crippen MR) is 166 cm³/mol. The third kappa shape index (κ3) is 5.23. The minimum Gasteiger partial charge on any atom is -0.488 e.